The Morgan fingerprint density at radius 1 is 1.30 bits per heavy atom. The van der Waals surface area contributed by atoms with Crippen LogP contribution in [0.1, 0.15) is 17.7 Å². The first kappa shape index (κ1) is 14.6. The highest BCUT2D eigenvalue weighted by atomic mass is 16.5. The van der Waals surface area contributed by atoms with Gasteiger partial charge in [0.15, 0.2) is 0 Å². The predicted molar refractivity (Wildman–Crippen MR) is 84.7 cm³/mol. The highest BCUT2D eigenvalue weighted by molar-refractivity contribution is 5.96. The van der Waals surface area contributed by atoms with Crippen molar-refractivity contribution in [2.24, 2.45) is 5.73 Å². The van der Waals surface area contributed by atoms with Gasteiger partial charge >= 0.3 is 0 Å². The van der Waals surface area contributed by atoms with E-state index in [-0.39, 0.29) is 0 Å². The summed E-state index contributed by atoms with van der Waals surface area (Å²) in [6, 6.07) is 6.15. The number of methoxy groups -OCH3 is 1. The number of nitrogens with two attached hydrogens (primary N) is 1. The van der Waals surface area contributed by atoms with E-state index in [0.29, 0.717) is 6.54 Å². The van der Waals surface area contributed by atoms with Crippen LogP contribution in [0, 0.1) is 6.92 Å². The number of fused-ring (bicyclic) bond motifs is 1. The van der Waals surface area contributed by atoms with Gasteiger partial charge in [0, 0.05) is 36.4 Å². The van der Waals surface area contributed by atoms with Gasteiger partial charge in [-0.3, -0.25) is 4.98 Å². The van der Waals surface area contributed by atoms with Gasteiger partial charge < -0.3 is 15.4 Å². The van der Waals surface area contributed by atoms with Gasteiger partial charge in [0.25, 0.3) is 0 Å². The van der Waals surface area contributed by atoms with Crippen molar-refractivity contribution >= 4 is 16.6 Å². The zero-order chi connectivity index (χ0) is 14.7. The van der Waals surface area contributed by atoms with Crippen molar-refractivity contribution in [3.8, 4) is 5.75 Å². The van der Waals surface area contributed by atoms with Gasteiger partial charge in [-0.2, -0.15) is 0 Å². The summed E-state index contributed by atoms with van der Waals surface area (Å²) in [7, 11) is 5.82. The topological polar surface area (TPSA) is 51.4 Å². The summed E-state index contributed by atoms with van der Waals surface area (Å²) in [6.07, 6.45) is 1.85. The Labute approximate surface area is 120 Å². The van der Waals surface area contributed by atoms with E-state index in [1.165, 1.54) is 16.6 Å². The first-order chi connectivity index (χ1) is 9.58. The van der Waals surface area contributed by atoms with Crippen molar-refractivity contribution in [3.05, 3.63) is 29.5 Å². The van der Waals surface area contributed by atoms with E-state index in [9.17, 15) is 0 Å². The van der Waals surface area contributed by atoms with E-state index in [2.05, 4.69) is 30.0 Å². The lowest BCUT2D eigenvalue weighted by atomic mass is 10.00. The average Bonchev–Trinajstić information content (AvgIpc) is 2.43. The number of hydrogen-bond acceptors (Lipinski definition) is 4. The highest BCUT2D eigenvalue weighted by Crippen LogP contribution is 2.34. The van der Waals surface area contributed by atoms with Crippen molar-refractivity contribution < 1.29 is 4.74 Å². The largest absolute Gasteiger partial charge is 0.496 e. The molecule has 0 unspecified atom stereocenters. The number of anilines is 1. The Bertz CT molecular complexity index is 608. The van der Waals surface area contributed by atoms with Gasteiger partial charge in [0.1, 0.15) is 5.75 Å². The second kappa shape index (κ2) is 6.09. The molecule has 0 aliphatic heterocycles. The number of nitrogens with zero attached hydrogens (tertiary/aromatic N) is 2. The van der Waals surface area contributed by atoms with Crippen LogP contribution in [0.25, 0.3) is 10.9 Å². The SMILES string of the molecule is COc1ccc2nc(C)cc(N(C)C)c2c1CCCN. The summed E-state index contributed by atoms with van der Waals surface area (Å²) in [4.78, 5) is 6.78. The molecule has 4 heteroatoms. The average molecular weight is 273 g/mol. The second-order valence-electron chi connectivity index (χ2n) is 5.21. The fourth-order valence-corrected chi connectivity index (χ4v) is 2.56. The normalized spacial score (nSPS) is 10.8. The third kappa shape index (κ3) is 2.70. The Hall–Kier alpha value is -1.81. The van der Waals surface area contributed by atoms with Crippen LogP contribution in [0.4, 0.5) is 5.69 Å². The fraction of sp³-hybridized carbons (Fsp3) is 0.438. The third-order valence-corrected chi connectivity index (χ3v) is 3.48. The number of benzene rings is 1. The lowest BCUT2D eigenvalue weighted by molar-refractivity contribution is 0.410. The van der Waals surface area contributed by atoms with Crippen LogP contribution in [0.2, 0.25) is 0 Å². The lowest BCUT2D eigenvalue weighted by Crippen LogP contribution is -2.11. The molecule has 1 aromatic carbocycles. The third-order valence-electron chi connectivity index (χ3n) is 3.48. The van der Waals surface area contributed by atoms with E-state index < -0.39 is 0 Å². The maximum absolute atomic E-state index is 5.67. The zero-order valence-electron chi connectivity index (χ0n) is 12.7. The van der Waals surface area contributed by atoms with E-state index in [4.69, 9.17) is 10.5 Å². The van der Waals surface area contributed by atoms with E-state index in [0.717, 1.165) is 29.8 Å². The number of hydrogen-bond donors (Lipinski definition) is 1. The first-order valence-corrected chi connectivity index (χ1v) is 6.93. The molecule has 1 aromatic heterocycles. The molecule has 4 nitrogen and oxygen atoms in total. The molecule has 0 aliphatic carbocycles. The van der Waals surface area contributed by atoms with Gasteiger partial charge in [-0.25, -0.2) is 0 Å². The molecule has 0 amide bonds. The monoisotopic (exact) mass is 273 g/mol. The van der Waals surface area contributed by atoms with Gasteiger partial charge in [0.05, 0.1) is 12.6 Å². The Balaban J connectivity index is 2.75. The smallest absolute Gasteiger partial charge is 0.122 e. The summed E-state index contributed by atoms with van der Waals surface area (Å²) >= 11 is 0. The summed E-state index contributed by atoms with van der Waals surface area (Å²) in [5.74, 6) is 0.916. The molecule has 0 radical (unpaired) electrons. The molecule has 0 fully saturated rings. The number of pyridine rings is 1. The number of rotatable bonds is 5. The molecule has 0 aliphatic rings. The Morgan fingerprint density at radius 3 is 2.65 bits per heavy atom. The minimum Gasteiger partial charge on any atom is -0.496 e. The van der Waals surface area contributed by atoms with Crippen LogP contribution in [0.5, 0.6) is 5.75 Å². The van der Waals surface area contributed by atoms with Gasteiger partial charge in [-0.05, 0) is 44.5 Å². The molecular formula is C16H23N3O. The van der Waals surface area contributed by atoms with Crippen LogP contribution in [0.3, 0.4) is 0 Å². The Kier molecular flexibility index (Phi) is 4.45. The minimum absolute atomic E-state index is 0.677. The van der Waals surface area contributed by atoms with Crippen LogP contribution < -0.4 is 15.4 Å². The van der Waals surface area contributed by atoms with Gasteiger partial charge in [-0.15, -0.1) is 0 Å². The predicted octanol–water partition coefficient (Wildman–Crippen LogP) is 2.51. The summed E-state index contributed by atoms with van der Waals surface area (Å²) < 4.78 is 5.53. The second-order valence-corrected chi connectivity index (χ2v) is 5.21. The standard InChI is InChI=1S/C16H23N3O/c1-11-10-14(19(2)3)16-12(6-5-9-17)15(20-4)8-7-13(16)18-11/h7-8,10H,5-6,9,17H2,1-4H3. The maximum Gasteiger partial charge on any atom is 0.122 e. The van der Waals surface area contributed by atoms with E-state index in [1.54, 1.807) is 7.11 Å². The molecule has 0 atom stereocenters. The van der Waals surface area contributed by atoms with Crippen LogP contribution in [-0.2, 0) is 6.42 Å². The molecule has 20 heavy (non-hydrogen) atoms. The van der Waals surface area contributed by atoms with Crippen LogP contribution in [0.15, 0.2) is 18.2 Å². The molecule has 2 N–H and O–H groups in total. The minimum atomic E-state index is 0.677. The van der Waals surface area contributed by atoms with Crippen molar-refractivity contribution in [3.63, 3.8) is 0 Å². The highest BCUT2D eigenvalue weighted by Gasteiger charge is 2.14. The molecule has 2 rings (SSSR count). The molecule has 108 valence electrons. The molecule has 0 saturated carbocycles. The Morgan fingerprint density at radius 2 is 2.05 bits per heavy atom. The van der Waals surface area contributed by atoms with Crippen LogP contribution in [-0.4, -0.2) is 32.7 Å². The number of aryl methyl sites for hydroxylation is 2. The number of aromatic nitrogens is 1. The molecule has 0 spiro atoms. The van der Waals surface area contributed by atoms with Crippen molar-refractivity contribution in [2.45, 2.75) is 19.8 Å². The van der Waals surface area contributed by atoms with E-state index >= 15 is 0 Å². The fourth-order valence-electron chi connectivity index (χ4n) is 2.56. The van der Waals surface area contributed by atoms with Gasteiger partial charge in [-0.1, -0.05) is 0 Å². The van der Waals surface area contributed by atoms with Crippen molar-refractivity contribution in [2.75, 3.05) is 32.6 Å². The molecule has 1 heterocycles. The number of ether oxygens (including phenoxy) is 1. The molecule has 0 saturated heterocycles. The van der Waals surface area contributed by atoms with E-state index in [1.807, 2.05) is 19.1 Å². The molecular weight excluding hydrogens is 250 g/mol. The summed E-state index contributed by atoms with van der Waals surface area (Å²) in [5.41, 5.74) is 10.1. The molecule has 0 bridgehead atoms. The molecule has 2 aromatic rings. The summed E-state index contributed by atoms with van der Waals surface area (Å²) in [5, 5.41) is 1.17. The maximum atomic E-state index is 5.67. The van der Waals surface area contributed by atoms with Crippen molar-refractivity contribution in [1.82, 2.24) is 4.98 Å². The quantitative estimate of drug-likeness (QED) is 0.909. The van der Waals surface area contributed by atoms with Gasteiger partial charge in [0.2, 0.25) is 0 Å². The lowest BCUT2D eigenvalue weighted by Gasteiger charge is -2.20. The van der Waals surface area contributed by atoms with Crippen molar-refractivity contribution in [1.29, 1.82) is 0 Å². The first-order valence-electron chi connectivity index (χ1n) is 6.93. The zero-order valence-corrected chi connectivity index (χ0v) is 12.7. The van der Waals surface area contributed by atoms with Crippen LogP contribution >= 0.6 is 0 Å². The summed E-state index contributed by atoms with van der Waals surface area (Å²) in [6.45, 7) is 2.70.